The molecule has 0 spiro atoms. The molecule has 1 aliphatic rings. The highest BCUT2D eigenvalue weighted by Crippen LogP contribution is 2.27. The number of carbonyl (C=O) groups excluding carboxylic acids is 1. The molecule has 3 heterocycles. The Morgan fingerprint density at radius 2 is 1.92 bits per heavy atom. The minimum atomic E-state index is -0.530. The van der Waals surface area contributed by atoms with Crippen molar-refractivity contribution in [3.63, 3.8) is 0 Å². The second kappa shape index (κ2) is 10.7. The summed E-state index contributed by atoms with van der Waals surface area (Å²) >= 11 is 5.31. The molecule has 2 aromatic heterocycles. The van der Waals surface area contributed by atoms with E-state index in [1.54, 1.807) is 18.3 Å². The van der Waals surface area contributed by atoms with Gasteiger partial charge in [-0.25, -0.2) is 4.98 Å². The van der Waals surface area contributed by atoms with Crippen LogP contribution in [-0.2, 0) is 11.3 Å². The summed E-state index contributed by atoms with van der Waals surface area (Å²) in [6.07, 6.45) is 1.66. The Morgan fingerprint density at radius 1 is 1.14 bits per heavy atom. The third-order valence-corrected chi connectivity index (χ3v) is 6.08. The van der Waals surface area contributed by atoms with E-state index in [-0.39, 0.29) is 16.4 Å². The fourth-order valence-electron chi connectivity index (χ4n) is 3.95. The molecule has 11 nitrogen and oxygen atoms in total. The number of thiocarbonyl (C=S) groups is 1. The molecule has 2 aromatic carbocycles. The number of hydrogen-bond donors (Lipinski definition) is 2. The van der Waals surface area contributed by atoms with Crippen LogP contribution in [0.1, 0.15) is 15.9 Å². The first-order chi connectivity index (χ1) is 18.0. The number of nitro benzene ring substituents is 1. The van der Waals surface area contributed by atoms with E-state index in [2.05, 4.69) is 20.6 Å². The normalized spacial score (nSPS) is 13.4. The topological polar surface area (TPSA) is 136 Å². The van der Waals surface area contributed by atoms with Gasteiger partial charge < -0.3 is 19.4 Å². The quantitative estimate of drug-likeness (QED) is 0.222. The summed E-state index contributed by atoms with van der Waals surface area (Å²) in [5.41, 5.74) is 3.49. The largest absolute Gasteiger partial charge is 0.434 e. The zero-order valence-electron chi connectivity index (χ0n) is 19.5. The number of aromatic nitrogens is 2. The van der Waals surface area contributed by atoms with Gasteiger partial charge in [0.05, 0.1) is 29.4 Å². The third kappa shape index (κ3) is 5.55. The summed E-state index contributed by atoms with van der Waals surface area (Å²) < 4.78 is 11.1. The monoisotopic (exact) mass is 518 g/mol. The number of nitrogens with one attached hydrogen (secondary N) is 2. The lowest BCUT2D eigenvalue weighted by molar-refractivity contribution is -0.384. The first-order valence-electron chi connectivity index (χ1n) is 11.5. The van der Waals surface area contributed by atoms with Crippen LogP contribution in [0.15, 0.2) is 65.2 Å². The van der Waals surface area contributed by atoms with Gasteiger partial charge in [0, 0.05) is 43.5 Å². The fraction of sp³-hybridized carbons (Fsp3) is 0.200. The number of benzene rings is 2. The van der Waals surface area contributed by atoms with Crippen LogP contribution < -0.4 is 15.5 Å². The molecular formula is C25H22N6O5S. The van der Waals surface area contributed by atoms with Crippen molar-refractivity contribution in [3.05, 3.63) is 82.0 Å². The number of anilines is 1. The van der Waals surface area contributed by atoms with E-state index in [0.717, 1.165) is 11.1 Å². The second-order valence-electron chi connectivity index (χ2n) is 8.24. The van der Waals surface area contributed by atoms with Gasteiger partial charge in [-0.05, 0) is 48.1 Å². The number of morpholine rings is 1. The Kier molecular flexibility index (Phi) is 7.01. The number of nitrogens with zero attached hydrogens (tertiary/aromatic N) is 4. The van der Waals surface area contributed by atoms with Crippen molar-refractivity contribution < 1.29 is 18.9 Å². The van der Waals surface area contributed by atoms with Crippen LogP contribution in [0.25, 0.3) is 22.7 Å². The Bertz CT molecular complexity index is 1430. The lowest BCUT2D eigenvalue weighted by atomic mass is 10.1. The molecule has 1 aliphatic heterocycles. The van der Waals surface area contributed by atoms with E-state index in [4.69, 9.17) is 21.4 Å². The molecule has 188 valence electrons. The number of pyridine rings is 1. The number of fused-ring (bicyclic) bond motifs is 1. The Hall–Kier alpha value is -4.42. The van der Waals surface area contributed by atoms with Gasteiger partial charge in [0.25, 0.3) is 11.6 Å². The van der Waals surface area contributed by atoms with E-state index >= 15 is 0 Å². The Labute approximate surface area is 216 Å². The zero-order chi connectivity index (χ0) is 25.8. The standard InChI is InChI=1S/C25H22N6O5S/c32-23(19-14-18(31(33)34)7-8-20(19)30-10-12-35-13-11-30)29-25(37)27-15-16-3-5-17(6-4-16)24-28-22-21(36-24)2-1-9-26-22/h1-9,14H,10-13,15H2,(H2,27,29,32,37). The van der Waals surface area contributed by atoms with E-state index in [0.29, 0.717) is 55.7 Å². The van der Waals surface area contributed by atoms with Crippen molar-refractivity contribution in [1.82, 2.24) is 20.6 Å². The van der Waals surface area contributed by atoms with Crippen molar-refractivity contribution in [2.75, 3.05) is 31.2 Å². The van der Waals surface area contributed by atoms with Crippen molar-refractivity contribution in [2.24, 2.45) is 0 Å². The highest BCUT2D eigenvalue weighted by molar-refractivity contribution is 7.80. The van der Waals surface area contributed by atoms with Gasteiger partial charge in [-0.2, -0.15) is 4.98 Å². The smallest absolute Gasteiger partial charge is 0.270 e. The predicted octanol–water partition coefficient (Wildman–Crippen LogP) is 3.44. The van der Waals surface area contributed by atoms with Crippen LogP contribution in [0.4, 0.5) is 11.4 Å². The minimum Gasteiger partial charge on any atom is -0.434 e. The van der Waals surface area contributed by atoms with Crippen LogP contribution in [0.3, 0.4) is 0 Å². The summed E-state index contributed by atoms with van der Waals surface area (Å²) in [5, 5.41) is 17.0. The summed E-state index contributed by atoms with van der Waals surface area (Å²) in [6.45, 7) is 2.55. The summed E-state index contributed by atoms with van der Waals surface area (Å²) in [5.74, 6) is -0.0494. The van der Waals surface area contributed by atoms with Crippen LogP contribution >= 0.6 is 12.2 Å². The molecule has 1 saturated heterocycles. The van der Waals surface area contributed by atoms with Gasteiger partial charge >= 0.3 is 0 Å². The number of ether oxygens (including phenoxy) is 1. The van der Waals surface area contributed by atoms with Crippen LogP contribution in [0, 0.1) is 10.1 Å². The molecule has 4 aromatic rings. The molecular weight excluding hydrogens is 496 g/mol. The molecule has 0 bridgehead atoms. The van der Waals surface area contributed by atoms with Crippen molar-refractivity contribution in [1.29, 1.82) is 0 Å². The first-order valence-corrected chi connectivity index (χ1v) is 11.9. The maximum absolute atomic E-state index is 13.0. The first kappa shape index (κ1) is 24.3. The van der Waals surface area contributed by atoms with Crippen molar-refractivity contribution in [2.45, 2.75) is 6.54 Å². The maximum Gasteiger partial charge on any atom is 0.270 e. The maximum atomic E-state index is 13.0. The van der Waals surface area contributed by atoms with Gasteiger partial charge in [0.2, 0.25) is 5.89 Å². The zero-order valence-corrected chi connectivity index (χ0v) is 20.4. The number of carbonyl (C=O) groups is 1. The van der Waals surface area contributed by atoms with Gasteiger partial charge in [0.15, 0.2) is 16.3 Å². The van der Waals surface area contributed by atoms with Crippen molar-refractivity contribution >= 4 is 45.8 Å². The van der Waals surface area contributed by atoms with Gasteiger partial charge in [-0.15, -0.1) is 0 Å². The summed E-state index contributed by atoms with van der Waals surface area (Å²) in [4.78, 5) is 34.3. The lowest BCUT2D eigenvalue weighted by Gasteiger charge is -2.30. The van der Waals surface area contributed by atoms with E-state index in [1.165, 1.54) is 12.1 Å². The molecule has 12 heteroatoms. The van der Waals surface area contributed by atoms with E-state index in [9.17, 15) is 14.9 Å². The molecule has 5 rings (SSSR count). The molecule has 2 N–H and O–H groups in total. The SMILES string of the molecule is O=C(NC(=S)NCc1ccc(-c2nc3ncccc3o2)cc1)c1cc([N+](=O)[O-])ccc1N1CCOCC1. The number of hydrogen-bond acceptors (Lipinski definition) is 9. The minimum absolute atomic E-state index is 0.110. The third-order valence-electron chi connectivity index (χ3n) is 5.83. The van der Waals surface area contributed by atoms with Crippen LogP contribution in [0.5, 0.6) is 0 Å². The van der Waals surface area contributed by atoms with E-state index < -0.39 is 10.8 Å². The van der Waals surface area contributed by atoms with Crippen molar-refractivity contribution in [3.8, 4) is 11.5 Å². The van der Waals surface area contributed by atoms with Crippen LogP contribution in [-0.4, -0.2) is 52.2 Å². The van der Waals surface area contributed by atoms with Gasteiger partial charge in [-0.1, -0.05) is 12.1 Å². The molecule has 1 amide bonds. The lowest BCUT2D eigenvalue weighted by Crippen LogP contribution is -2.41. The second-order valence-corrected chi connectivity index (χ2v) is 8.64. The number of oxazole rings is 1. The molecule has 0 radical (unpaired) electrons. The van der Waals surface area contributed by atoms with Crippen LogP contribution in [0.2, 0.25) is 0 Å². The van der Waals surface area contributed by atoms with E-state index in [1.807, 2.05) is 35.2 Å². The summed E-state index contributed by atoms with van der Waals surface area (Å²) in [6, 6.07) is 15.4. The Morgan fingerprint density at radius 3 is 2.65 bits per heavy atom. The fourth-order valence-corrected chi connectivity index (χ4v) is 4.12. The molecule has 0 unspecified atom stereocenters. The number of rotatable bonds is 6. The highest BCUT2D eigenvalue weighted by atomic mass is 32.1. The molecule has 0 aliphatic carbocycles. The predicted molar refractivity (Wildman–Crippen MR) is 140 cm³/mol. The number of non-ortho nitro benzene ring substituents is 1. The molecule has 0 atom stereocenters. The van der Waals surface area contributed by atoms with Gasteiger partial charge in [0.1, 0.15) is 0 Å². The average Bonchev–Trinajstić information content (AvgIpc) is 3.37. The molecule has 1 fully saturated rings. The van der Waals surface area contributed by atoms with Gasteiger partial charge in [-0.3, -0.25) is 20.2 Å². The number of nitro groups is 1. The summed E-state index contributed by atoms with van der Waals surface area (Å²) in [7, 11) is 0. The Balaban J connectivity index is 1.23. The number of amides is 1. The molecule has 0 saturated carbocycles. The highest BCUT2D eigenvalue weighted by Gasteiger charge is 2.22. The average molecular weight is 519 g/mol. The molecule has 37 heavy (non-hydrogen) atoms.